The molecule has 0 aliphatic heterocycles. The molecule has 0 heterocycles. The van der Waals surface area contributed by atoms with Crippen LogP contribution in [0.5, 0.6) is 0 Å². The van der Waals surface area contributed by atoms with Crippen molar-refractivity contribution < 1.29 is 47.4 Å². The van der Waals surface area contributed by atoms with Gasteiger partial charge in [0.25, 0.3) is 0 Å². The molecule has 0 aromatic rings. The van der Waals surface area contributed by atoms with Crippen molar-refractivity contribution in [3.63, 3.8) is 0 Å². The standard InChI is InChI=1S/C16H24O2.C12H20O2.C10H18O4.C8H14O2/c1-3-17-9-11-5-14-12-7-13(10-18-4-2)15(8-12)16(14)6-11;1-3-13-9-11-5-7-12(8-6-11)10-14-4-2;1-3-11-5-7-13-9-10-14-8-6-12-4-2;1-3-9-7-5-6-8-10-4-2/h3-4,11-16H,1-2,5-10H2;3-4,11-12H,1-2,5-10H2;3-4H,1-2,5-10H2;3-4H,1-2,5-8H2. The molecule has 320 valence electrons. The molecule has 0 amide bonds. The number of hydrogen-bond donors (Lipinski definition) is 0. The lowest BCUT2D eigenvalue weighted by Crippen LogP contribution is -2.26. The summed E-state index contributed by atoms with van der Waals surface area (Å²) in [4.78, 5) is 0. The fourth-order valence-electron chi connectivity index (χ4n) is 8.26. The summed E-state index contributed by atoms with van der Waals surface area (Å²) in [5, 5.41) is 0. The van der Waals surface area contributed by atoms with Gasteiger partial charge in [0, 0.05) is 0 Å². The van der Waals surface area contributed by atoms with E-state index in [0.29, 0.717) is 51.5 Å². The van der Waals surface area contributed by atoms with Gasteiger partial charge in [0.2, 0.25) is 0 Å². The average molecular weight is 789 g/mol. The molecule has 0 N–H and O–H groups in total. The molecule has 4 fully saturated rings. The first-order valence-electron chi connectivity index (χ1n) is 20.5. The molecular weight excluding hydrogens is 712 g/mol. The second-order valence-corrected chi connectivity index (χ2v) is 14.3. The third kappa shape index (κ3) is 23.3. The van der Waals surface area contributed by atoms with Crippen LogP contribution in [0.3, 0.4) is 0 Å². The van der Waals surface area contributed by atoms with Crippen molar-refractivity contribution in [2.45, 2.75) is 64.2 Å². The minimum absolute atomic E-state index is 0.531. The van der Waals surface area contributed by atoms with E-state index in [0.717, 1.165) is 88.0 Å². The Morgan fingerprint density at radius 1 is 0.339 bits per heavy atom. The van der Waals surface area contributed by atoms with Crippen LogP contribution >= 0.6 is 0 Å². The molecule has 0 saturated heterocycles. The van der Waals surface area contributed by atoms with E-state index in [1.807, 2.05) is 0 Å². The summed E-state index contributed by atoms with van der Waals surface area (Å²) in [6.07, 6.45) is 24.5. The molecule has 2 bridgehead atoms. The van der Waals surface area contributed by atoms with Gasteiger partial charge in [-0.15, -0.1) is 0 Å². The van der Waals surface area contributed by atoms with Crippen molar-refractivity contribution in [1.82, 2.24) is 0 Å². The minimum Gasteiger partial charge on any atom is -0.502 e. The normalized spacial score (nSPS) is 24.9. The molecule has 0 aromatic heterocycles. The maximum absolute atomic E-state index is 5.44. The van der Waals surface area contributed by atoms with E-state index < -0.39 is 0 Å². The quantitative estimate of drug-likeness (QED) is 0.0517. The van der Waals surface area contributed by atoms with Crippen LogP contribution in [0.4, 0.5) is 0 Å². The second kappa shape index (κ2) is 35.6. The Morgan fingerprint density at radius 3 is 1.16 bits per heavy atom. The largest absolute Gasteiger partial charge is 0.502 e. The monoisotopic (exact) mass is 789 g/mol. The van der Waals surface area contributed by atoms with Gasteiger partial charge in [0.05, 0.1) is 116 Å². The molecule has 0 spiro atoms. The number of hydrogen-bond acceptors (Lipinski definition) is 10. The number of ether oxygens (including phenoxy) is 10. The minimum atomic E-state index is 0.531. The van der Waals surface area contributed by atoms with Crippen molar-refractivity contribution in [2.75, 3.05) is 79.3 Å². The number of fused-ring (bicyclic) bond motifs is 5. The Hall–Kier alpha value is -3.76. The van der Waals surface area contributed by atoms with Crippen LogP contribution < -0.4 is 0 Å². The average Bonchev–Trinajstić information content (AvgIpc) is 3.94. The Kier molecular flexibility index (Phi) is 32.0. The third-order valence-electron chi connectivity index (χ3n) is 10.8. The van der Waals surface area contributed by atoms with Crippen LogP contribution in [0.15, 0.2) is 103 Å². The Bertz CT molecular complexity index is 977. The summed E-state index contributed by atoms with van der Waals surface area (Å²) in [6, 6.07) is 0. The van der Waals surface area contributed by atoms with Crippen LogP contribution in [0.1, 0.15) is 64.2 Å². The van der Waals surface area contributed by atoms with Gasteiger partial charge in [-0.05, 0) is 112 Å². The predicted octanol–water partition coefficient (Wildman–Crippen LogP) is 10.1. The summed E-state index contributed by atoms with van der Waals surface area (Å²) < 4.78 is 51.1. The molecule has 0 radical (unpaired) electrons. The van der Waals surface area contributed by atoms with E-state index in [2.05, 4.69) is 52.6 Å². The highest BCUT2D eigenvalue weighted by molar-refractivity contribution is 5.04. The Labute approximate surface area is 340 Å². The van der Waals surface area contributed by atoms with Gasteiger partial charge < -0.3 is 47.4 Å². The molecule has 0 aromatic carbocycles. The van der Waals surface area contributed by atoms with Crippen molar-refractivity contribution in [3.05, 3.63) is 103 Å². The zero-order valence-electron chi connectivity index (χ0n) is 34.5. The van der Waals surface area contributed by atoms with E-state index in [9.17, 15) is 0 Å². The third-order valence-corrected chi connectivity index (χ3v) is 10.8. The van der Waals surface area contributed by atoms with Gasteiger partial charge in [0.1, 0.15) is 13.2 Å². The van der Waals surface area contributed by atoms with Crippen molar-refractivity contribution >= 4 is 0 Å². The SMILES string of the molecule is C=COCC1CC2C3CC(COC=C)C(C3)C2C1.C=COCC1CCC(COC=C)CC1.C=COCCCCOC=C.C=COCCOCCOCCOC=C. The van der Waals surface area contributed by atoms with Crippen LogP contribution in [0.2, 0.25) is 0 Å². The molecule has 6 atom stereocenters. The van der Waals surface area contributed by atoms with Gasteiger partial charge in [-0.2, -0.15) is 0 Å². The number of rotatable bonds is 30. The first kappa shape index (κ1) is 50.3. The van der Waals surface area contributed by atoms with Gasteiger partial charge in [0.15, 0.2) is 0 Å². The molecule has 4 aliphatic rings. The maximum atomic E-state index is 5.44. The highest BCUT2D eigenvalue weighted by Crippen LogP contribution is 2.62. The maximum Gasteiger partial charge on any atom is 0.111 e. The first-order valence-corrected chi connectivity index (χ1v) is 20.5. The topological polar surface area (TPSA) is 92.3 Å². The molecule has 6 unspecified atom stereocenters. The van der Waals surface area contributed by atoms with E-state index in [4.69, 9.17) is 47.4 Å². The van der Waals surface area contributed by atoms with Gasteiger partial charge in [-0.1, -0.05) is 52.6 Å². The van der Waals surface area contributed by atoms with E-state index >= 15 is 0 Å². The van der Waals surface area contributed by atoms with Crippen LogP contribution in [0.25, 0.3) is 0 Å². The van der Waals surface area contributed by atoms with Crippen molar-refractivity contribution in [2.24, 2.45) is 47.3 Å². The summed E-state index contributed by atoms with van der Waals surface area (Å²) >= 11 is 0. The van der Waals surface area contributed by atoms with Gasteiger partial charge >= 0.3 is 0 Å². The Balaban J connectivity index is 0.000000382. The highest BCUT2D eigenvalue weighted by atomic mass is 16.6. The van der Waals surface area contributed by atoms with E-state index in [-0.39, 0.29) is 0 Å². The van der Waals surface area contributed by atoms with Crippen molar-refractivity contribution in [1.29, 1.82) is 0 Å². The smallest absolute Gasteiger partial charge is 0.111 e. The summed E-state index contributed by atoms with van der Waals surface area (Å²) in [7, 11) is 0. The lowest BCUT2D eigenvalue weighted by Gasteiger charge is -2.30. The second-order valence-electron chi connectivity index (χ2n) is 14.3. The lowest BCUT2D eigenvalue weighted by atomic mass is 9.76. The predicted molar refractivity (Wildman–Crippen MR) is 225 cm³/mol. The van der Waals surface area contributed by atoms with Gasteiger partial charge in [-0.25, -0.2) is 0 Å². The van der Waals surface area contributed by atoms with Crippen LogP contribution in [0, 0.1) is 47.3 Å². The first-order chi connectivity index (χ1) is 27.5. The fourth-order valence-corrected chi connectivity index (χ4v) is 8.26. The highest BCUT2D eigenvalue weighted by Gasteiger charge is 2.55. The summed E-state index contributed by atoms with van der Waals surface area (Å²) in [5.41, 5.74) is 0. The van der Waals surface area contributed by atoms with Gasteiger partial charge in [-0.3, -0.25) is 0 Å². The molecule has 10 nitrogen and oxygen atoms in total. The zero-order chi connectivity index (χ0) is 40.9. The molecular formula is C46H76O10. The molecule has 56 heavy (non-hydrogen) atoms. The zero-order valence-corrected chi connectivity index (χ0v) is 34.5. The van der Waals surface area contributed by atoms with Crippen LogP contribution in [-0.4, -0.2) is 79.3 Å². The molecule has 4 saturated carbocycles. The summed E-state index contributed by atoms with van der Waals surface area (Å²) in [5.74, 6) is 6.78. The van der Waals surface area contributed by atoms with E-state index in [1.54, 1.807) is 12.5 Å². The number of unbranched alkanes of at least 4 members (excludes halogenated alkanes) is 1. The molecule has 4 aliphatic carbocycles. The molecule has 10 heteroatoms. The van der Waals surface area contributed by atoms with Crippen molar-refractivity contribution in [3.8, 4) is 0 Å². The fraction of sp³-hybridized carbons (Fsp3) is 0.652. The lowest BCUT2D eigenvalue weighted by molar-refractivity contribution is 0.0186. The summed E-state index contributed by atoms with van der Waals surface area (Å²) in [6.45, 7) is 36.2. The van der Waals surface area contributed by atoms with Crippen LogP contribution in [-0.2, 0) is 47.4 Å². The van der Waals surface area contributed by atoms with E-state index in [1.165, 1.54) is 88.9 Å². The Morgan fingerprint density at radius 2 is 0.714 bits per heavy atom. The molecule has 4 rings (SSSR count).